The quantitative estimate of drug-likeness (QED) is 0.795. The number of hydrogen-bond donors (Lipinski definition) is 3. The Morgan fingerprint density at radius 3 is 3.05 bits per heavy atom. The number of amides is 1. The predicted molar refractivity (Wildman–Crippen MR) is 80.3 cm³/mol. The van der Waals surface area contributed by atoms with Crippen molar-refractivity contribution in [3.63, 3.8) is 0 Å². The Balaban J connectivity index is 1.67. The van der Waals surface area contributed by atoms with Crippen molar-refractivity contribution in [1.82, 2.24) is 10.3 Å². The molecule has 0 spiro atoms. The van der Waals surface area contributed by atoms with E-state index in [2.05, 4.69) is 10.3 Å². The van der Waals surface area contributed by atoms with Crippen LogP contribution in [0.2, 0.25) is 0 Å². The fourth-order valence-electron chi connectivity index (χ4n) is 3.22. The third-order valence-corrected chi connectivity index (χ3v) is 4.33. The zero-order valence-electron chi connectivity index (χ0n) is 11.6. The molecule has 20 heavy (non-hydrogen) atoms. The van der Waals surface area contributed by atoms with Gasteiger partial charge in [-0.2, -0.15) is 0 Å². The van der Waals surface area contributed by atoms with Crippen LogP contribution in [0.15, 0.2) is 30.5 Å². The normalized spacial score (nSPS) is 22.2. The van der Waals surface area contributed by atoms with Crippen LogP contribution in [-0.4, -0.2) is 23.5 Å². The average Bonchev–Trinajstić information content (AvgIpc) is 3.06. The molecule has 1 amide bonds. The molecule has 106 valence electrons. The minimum atomic E-state index is 0.0973. The minimum Gasteiger partial charge on any atom is -0.361 e. The second-order valence-corrected chi connectivity index (χ2v) is 5.64. The van der Waals surface area contributed by atoms with Crippen LogP contribution in [0, 0.1) is 5.92 Å². The van der Waals surface area contributed by atoms with Crippen molar-refractivity contribution in [2.45, 2.75) is 31.7 Å². The van der Waals surface area contributed by atoms with Gasteiger partial charge in [0.1, 0.15) is 0 Å². The van der Waals surface area contributed by atoms with Crippen LogP contribution in [0.3, 0.4) is 0 Å². The molecule has 1 aromatic carbocycles. The fraction of sp³-hybridized carbons (Fsp3) is 0.438. The number of nitrogens with two attached hydrogens (primary N) is 1. The lowest BCUT2D eigenvalue weighted by molar-refractivity contribution is -0.121. The summed E-state index contributed by atoms with van der Waals surface area (Å²) >= 11 is 0. The molecule has 1 aliphatic rings. The van der Waals surface area contributed by atoms with Gasteiger partial charge in [-0.1, -0.05) is 24.6 Å². The molecule has 0 saturated heterocycles. The first kappa shape index (κ1) is 13.2. The molecule has 4 nitrogen and oxygen atoms in total. The largest absolute Gasteiger partial charge is 0.361 e. The molecule has 1 heterocycles. The standard InChI is InChI=1S/C16H21N3O/c17-9-11-4-3-7-14(11)19-16(20)8-12-10-18-15-6-2-1-5-13(12)15/h1-2,5-6,10-11,14,18H,3-4,7-9,17H2,(H,19,20). The van der Waals surface area contributed by atoms with Crippen molar-refractivity contribution >= 4 is 16.8 Å². The second kappa shape index (κ2) is 5.67. The lowest BCUT2D eigenvalue weighted by atomic mass is 10.0. The van der Waals surface area contributed by atoms with Gasteiger partial charge in [0, 0.05) is 23.1 Å². The number of benzene rings is 1. The van der Waals surface area contributed by atoms with Gasteiger partial charge in [-0.3, -0.25) is 4.79 Å². The lowest BCUT2D eigenvalue weighted by Gasteiger charge is -2.19. The van der Waals surface area contributed by atoms with Gasteiger partial charge in [0.05, 0.1) is 6.42 Å². The molecule has 1 saturated carbocycles. The van der Waals surface area contributed by atoms with E-state index in [1.807, 2.05) is 30.5 Å². The highest BCUT2D eigenvalue weighted by Crippen LogP contribution is 2.25. The van der Waals surface area contributed by atoms with E-state index in [0.717, 1.165) is 29.3 Å². The summed E-state index contributed by atoms with van der Waals surface area (Å²) in [6.07, 6.45) is 5.72. The summed E-state index contributed by atoms with van der Waals surface area (Å²) in [5.41, 5.74) is 7.89. The molecule has 0 aliphatic heterocycles. The number of aromatic nitrogens is 1. The van der Waals surface area contributed by atoms with Crippen molar-refractivity contribution < 1.29 is 4.79 Å². The molecular formula is C16H21N3O. The van der Waals surface area contributed by atoms with Crippen LogP contribution in [0.1, 0.15) is 24.8 Å². The number of carbonyl (C=O) groups excluding carboxylic acids is 1. The summed E-state index contributed by atoms with van der Waals surface area (Å²) in [7, 11) is 0. The maximum absolute atomic E-state index is 12.2. The highest BCUT2D eigenvalue weighted by atomic mass is 16.1. The topological polar surface area (TPSA) is 70.9 Å². The SMILES string of the molecule is NCC1CCCC1NC(=O)Cc1c[nH]c2ccccc12. The predicted octanol–water partition coefficient (Wildman–Crippen LogP) is 1.95. The molecule has 1 fully saturated rings. The van der Waals surface area contributed by atoms with Crippen molar-refractivity contribution in [2.75, 3.05) is 6.54 Å². The molecule has 1 aliphatic carbocycles. The lowest BCUT2D eigenvalue weighted by Crippen LogP contribution is -2.40. The summed E-state index contributed by atoms with van der Waals surface area (Å²) in [5, 5.41) is 4.28. The fourth-order valence-corrected chi connectivity index (χ4v) is 3.22. The van der Waals surface area contributed by atoms with E-state index in [1.54, 1.807) is 0 Å². The van der Waals surface area contributed by atoms with E-state index >= 15 is 0 Å². The van der Waals surface area contributed by atoms with E-state index in [4.69, 9.17) is 5.73 Å². The molecule has 2 atom stereocenters. The van der Waals surface area contributed by atoms with Gasteiger partial charge in [-0.25, -0.2) is 0 Å². The maximum atomic E-state index is 12.2. The number of aromatic amines is 1. The molecule has 2 aromatic rings. The van der Waals surface area contributed by atoms with Crippen molar-refractivity contribution in [3.8, 4) is 0 Å². The Kier molecular flexibility index (Phi) is 3.74. The molecule has 0 bridgehead atoms. The highest BCUT2D eigenvalue weighted by molar-refractivity contribution is 5.88. The average molecular weight is 271 g/mol. The number of para-hydroxylation sites is 1. The Morgan fingerprint density at radius 1 is 1.35 bits per heavy atom. The van der Waals surface area contributed by atoms with Crippen LogP contribution in [0.5, 0.6) is 0 Å². The van der Waals surface area contributed by atoms with Crippen molar-refractivity contribution in [1.29, 1.82) is 0 Å². The zero-order chi connectivity index (χ0) is 13.9. The number of nitrogens with one attached hydrogen (secondary N) is 2. The highest BCUT2D eigenvalue weighted by Gasteiger charge is 2.27. The van der Waals surface area contributed by atoms with Gasteiger partial charge in [0.2, 0.25) is 5.91 Å². The first-order chi connectivity index (χ1) is 9.78. The first-order valence-electron chi connectivity index (χ1n) is 7.32. The van der Waals surface area contributed by atoms with Gasteiger partial charge >= 0.3 is 0 Å². The Bertz CT molecular complexity index is 605. The summed E-state index contributed by atoms with van der Waals surface area (Å²) < 4.78 is 0. The molecule has 2 unspecified atom stereocenters. The zero-order valence-corrected chi connectivity index (χ0v) is 11.6. The summed E-state index contributed by atoms with van der Waals surface area (Å²) in [6.45, 7) is 0.665. The van der Waals surface area contributed by atoms with E-state index in [0.29, 0.717) is 18.9 Å². The number of rotatable bonds is 4. The number of fused-ring (bicyclic) bond motifs is 1. The van der Waals surface area contributed by atoms with E-state index < -0.39 is 0 Å². The molecule has 0 radical (unpaired) electrons. The third-order valence-electron chi connectivity index (χ3n) is 4.33. The first-order valence-corrected chi connectivity index (χ1v) is 7.32. The van der Waals surface area contributed by atoms with Gasteiger partial charge in [-0.15, -0.1) is 0 Å². The van der Waals surface area contributed by atoms with Crippen molar-refractivity contribution in [2.24, 2.45) is 11.7 Å². The summed E-state index contributed by atoms with van der Waals surface area (Å²) in [4.78, 5) is 15.4. The van der Waals surface area contributed by atoms with E-state index in [1.165, 1.54) is 6.42 Å². The van der Waals surface area contributed by atoms with Gasteiger partial charge in [0.15, 0.2) is 0 Å². The van der Waals surface area contributed by atoms with Crippen LogP contribution in [-0.2, 0) is 11.2 Å². The third kappa shape index (κ3) is 2.56. The van der Waals surface area contributed by atoms with Crippen LogP contribution in [0.4, 0.5) is 0 Å². The Hall–Kier alpha value is -1.81. The van der Waals surface area contributed by atoms with Crippen LogP contribution in [0.25, 0.3) is 10.9 Å². The summed E-state index contributed by atoms with van der Waals surface area (Å²) in [6, 6.07) is 8.33. The van der Waals surface area contributed by atoms with Crippen molar-refractivity contribution in [3.05, 3.63) is 36.0 Å². The number of hydrogen-bond acceptors (Lipinski definition) is 2. The van der Waals surface area contributed by atoms with Crippen LogP contribution >= 0.6 is 0 Å². The smallest absolute Gasteiger partial charge is 0.224 e. The number of H-pyrrole nitrogens is 1. The molecule has 4 heteroatoms. The van der Waals surface area contributed by atoms with Gasteiger partial charge in [0.25, 0.3) is 0 Å². The van der Waals surface area contributed by atoms with E-state index in [-0.39, 0.29) is 11.9 Å². The summed E-state index contributed by atoms with van der Waals surface area (Å²) in [5.74, 6) is 0.544. The second-order valence-electron chi connectivity index (χ2n) is 5.64. The molecular weight excluding hydrogens is 250 g/mol. The van der Waals surface area contributed by atoms with Gasteiger partial charge in [-0.05, 0) is 36.9 Å². The Labute approximate surface area is 118 Å². The minimum absolute atomic E-state index is 0.0973. The van der Waals surface area contributed by atoms with Crippen LogP contribution < -0.4 is 11.1 Å². The van der Waals surface area contributed by atoms with Gasteiger partial charge < -0.3 is 16.0 Å². The monoisotopic (exact) mass is 271 g/mol. The van der Waals surface area contributed by atoms with E-state index in [9.17, 15) is 4.79 Å². The molecule has 3 rings (SSSR count). The molecule has 1 aromatic heterocycles. The Morgan fingerprint density at radius 2 is 2.20 bits per heavy atom. The maximum Gasteiger partial charge on any atom is 0.224 e. The molecule has 4 N–H and O–H groups in total. The number of carbonyl (C=O) groups is 1.